The third-order valence-electron chi connectivity index (χ3n) is 5.95. The van der Waals surface area contributed by atoms with Crippen LogP contribution in [0.15, 0.2) is 18.2 Å². The minimum absolute atomic E-state index is 0.211. The van der Waals surface area contributed by atoms with Crippen LogP contribution in [0, 0.1) is 0 Å². The van der Waals surface area contributed by atoms with Gasteiger partial charge in [0.1, 0.15) is 48.8 Å². The molecule has 0 spiro atoms. The highest BCUT2D eigenvalue weighted by atomic mass is 16.7. The van der Waals surface area contributed by atoms with Crippen LogP contribution in [0.1, 0.15) is 13.8 Å². The van der Waals surface area contributed by atoms with Crippen LogP contribution in [0.3, 0.4) is 0 Å². The Bertz CT molecular complexity index is 947. The highest BCUT2D eigenvalue weighted by Crippen LogP contribution is 2.32. The van der Waals surface area contributed by atoms with Crippen molar-refractivity contribution in [2.45, 2.75) is 75.2 Å². The molecule has 2 fully saturated rings. The number of benzene rings is 1. The summed E-state index contributed by atoms with van der Waals surface area (Å²) < 4.78 is 16.5. The van der Waals surface area contributed by atoms with Crippen LogP contribution in [0.2, 0.25) is 0 Å². The SMILES string of the molecule is CC(=O)Nc1ccc(NC(C)=O)c(N[C@H]2O[C@H](CO)[C@@H](O[C@H]3O[C@@H](CO)[C@H](O)[C@@H](O)[C@@H]3O)[C@H](O)[C@@H]2O)c1. The number of carbonyl (C=O) groups is 2. The Morgan fingerprint density at radius 2 is 1.46 bits per heavy atom. The van der Waals surface area contributed by atoms with Crippen LogP contribution >= 0.6 is 0 Å². The van der Waals surface area contributed by atoms with E-state index in [4.69, 9.17) is 14.2 Å². The minimum atomic E-state index is -1.78. The van der Waals surface area contributed by atoms with E-state index in [9.17, 15) is 45.3 Å². The zero-order valence-corrected chi connectivity index (χ0v) is 20.1. The monoisotopic (exact) mass is 531 g/mol. The lowest BCUT2D eigenvalue weighted by Crippen LogP contribution is -2.65. The predicted octanol–water partition coefficient (Wildman–Crippen LogP) is -3.36. The highest BCUT2D eigenvalue weighted by molar-refractivity contribution is 5.95. The summed E-state index contributed by atoms with van der Waals surface area (Å²) in [5.74, 6) is -0.752. The molecule has 10 N–H and O–H groups in total. The molecule has 0 saturated carbocycles. The Morgan fingerprint density at radius 1 is 0.811 bits per heavy atom. The average Bonchev–Trinajstić information content (AvgIpc) is 2.84. The number of aliphatic hydroxyl groups excluding tert-OH is 7. The smallest absolute Gasteiger partial charge is 0.221 e. The first-order valence-electron chi connectivity index (χ1n) is 11.5. The Balaban J connectivity index is 1.80. The predicted molar refractivity (Wildman–Crippen MR) is 125 cm³/mol. The quantitative estimate of drug-likeness (QED) is 0.158. The number of rotatable bonds is 8. The van der Waals surface area contributed by atoms with Crippen LogP contribution in [0.5, 0.6) is 0 Å². The topological polar surface area (TPSA) is 240 Å². The molecule has 37 heavy (non-hydrogen) atoms. The Hall–Kier alpha value is -2.44. The molecule has 10 atom stereocenters. The van der Waals surface area contributed by atoms with Gasteiger partial charge in [-0.2, -0.15) is 0 Å². The van der Waals surface area contributed by atoms with Crippen molar-refractivity contribution in [3.8, 4) is 0 Å². The molecule has 0 bridgehead atoms. The molecular formula is C22H33N3O12. The van der Waals surface area contributed by atoms with Crippen molar-refractivity contribution in [2.75, 3.05) is 29.2 Å². The van der Waals surface area contributed by atoms with E-state index in [1.54, 1.807) is 0 Å². The van der Waals surface area contributed by atoms with Crippen LogP contribution in [-0.2, 0) is 23.8 Å². The number of nitrogens with one attached hydrogen (secondary N) is 3. The summed E-state index contributed by atoms with van der Waals surface area (Å²) in [6.07, 6.45) is -15.6. The number of hydrogen-bond acceptors (Lipinski definition) is 13. The third-order valence-corrected chi connectivity index (χ3v) is 5.95. The molecule has 3 rings (SSSR count). The van der Waals surface area contributed by atoms with Crippen molar-refractivity contribution >= 4 is 28.9 Å². The summed E-state index contributed by atoms with van der Waals surface area (Å²) in [6.45, 7) is 1.17. The summed E-state index contributed by atoms with van der Waals surface area (Å²) >= 11 is 0. The summed E-state index contributed by atoms with van der Waals surface area (Å²) in [5, 5.41) is 78.9. The third kappa shape index (κ3) is 6.71. The molecule has 208 valence electrons. The first-order valence-corrected chi connectivity index (χ1v) is 11.5. The van der Waals surface area contributed by atoms with Gasteiger partial charge in [-0.3, -0.25) is 9.59 Å². The lowest BCUT2D eigenvalue weighted by atomic mass is 9.96. The normalized spacial score (nSPS) is 36.0. The van der Waals surface area contributed by atoms with Gasteiger partial charge in [-0.1, -0.05) is 0 Å². The maximum absolute atomic E-state index is 11.6. The maximum atomic E-state index is 11.6. The van der Waals surface area contributed by atoms with Crippen molar-refractivity contribution in [1.29, 1.82) is 0 Å². The van der Waals surface area contributed by atoms with Crippen molar-refractivity contribution in [3.05, 3.63) is 18.2 Å². The molecule has 2 aliphatic rings. The standard InChI is InChI=1S/C22H33N3O12/c1-8(28)23-10-3-4-11(24-9(2)29)12(5-10)25-21-18(33)17(32)20(14(7-27)35-21)37-22-19(34)16(31)15(30)13(6-26)36-22/h3-5,13-22,25-27,30-34H,6-7H2,1-2H3,(H,23,28)(H,24,29)/t13-,14+,15-,16+,17+,18-,19-,20+,21-,22+/m0/s1. The van der Waals surface area contributed by atoms with Gasteiger partial charge in [0.15, 0.2) is 12.5 Å². The molecule has 0 aromatic heterocycles. The van der Waals surface area contributed by atoms with Crippen molar-refractivity contribution < 1.29 is 59.5 Å². The molecular weight excluding hydrogens is 498 g/mol. The molecule has 0 aliphatic carbocycles. The Kier molecular flexibility index (Phi) is 9.76. The lowest BCUT2D eigenvalue weighted by Gasteiger charge is -2.46. The molecule has 2 heterocycles. The lowest BCUT2D eigenvalue weighted by molar-refractivity contribution is -0.340. The molecule has 15 heteroatoms. The number of ether oxygens (including phenoxy) is 3. The molecule has 2 saturated heterocycles. The van der Waals surface area contributed by atoms with Crippen molar-refractivity contribution in [1.82, 2.24) is 0 Å². The summed E-state index contributed by atoms with van der Waals surface area (Å²) in [5.41, 5.74) is 0.840. The van der Waals surface area contributed by atoms with E-state index in [2.05, 4.69) is 16.0 Å². The highest BCUT2D eigenvalue weighted by Gasteiger charge is 2.50. The van der Waals surface area contributed by atoms with Crippen LogP contribution in [0.25, 0.3) is 0 Å². The molecule has 0 radical (unpaired) electrons. The van der Waals surface area contributed by atoms with E-state index < -0.39 is 80.5 Å². The van der Waals surface area contributed by atoms with Gasteiger partial charge in [0.2, 0.25) is 11.8 Å². The maximum Gasteiger partial charge on any atom is 0.221 e. The zero-order valence-electron chi connectivity index (χ0n) is 20.1. The number of amides is 2. The van der Waals surface area contributed by atoms with E-state index in [1.807, 2.05) is 0 Å². The molecule has 0 unspecified atom stereocenters. The number of carbonyl (C=O) groups excluding carboxylic acids is 2. The first-order chi connectivity index (χ1) is 17.5. The second kappa shape index (κ2) is 12.4. The molecule has 1 aromatic rings. The summed E-state index contributed by atoms with van der Waals surface area (Å²) in [4.78, 5) is 23.1. The second-order valence-electron chi connectivity index (χ2n) is 8.82. The van der Waals surface area contributed by atoms with Gasteiger partial charge in [0.05, 0.1) is 24.6 Å². The van der Waals surface area contributed by atoms with E-state index >= 15 is 0 Å². The van der Waals surface area contributed by atoms with Gasteiger partial charge in [-0.25, -0.2) is 0 Å². The molecule has 15 nitrogen and oxygen atoms in total. The van der Waals surface area contributed by atoms with Gasteiger partial charge in [-0.05, 0) is 18.2 Å². The van der Waals surface area contributed by atoms with Gasteiger partial charge >= 0.3 is 0 Å². The van der Waals surface area contributed by atoms with Gasteiger partial charge in [-0.15, -0.1) is 0 Å². The fourth-order valence-corrected chi connectivity index (χ4v) is 4.11. The molecule has 2 amide bonds. The largest absolute Gasteiger partial charge is 0.394 e. The van der Waals surface area contributed by atoms with Crippen LogP contribution < -0.4 is 16.0 Å². The number of anilines is 3. The molecule has 1 aromatic carbocycles. The average molecular weight is 532 g/mol. The minimum Gasteiger partial charge on any atom is -0.394 e. The van der Waals surface area contributed by atoms with Crippen molar-refractivity contribution in [3.63, 3.8) is 0 Å². The zero-order chi connectivity index (χ0) is 27.4. The van der Waals surface area contributed by atoms with Gasteiger partial charge < -0.3 is 65.9 Å². The van der Waals surface area contributed by atoms with Crippen LogP contribution in [-0.4, -0.2) is 122 Å². The Morgan fingerprint density at radius 3 is 2.05 bits per heavy atom. The summed E-state index contributed by atoms with van der Waals surface area (Å²) in [7, 11) is 0. The fraction of sp³-hybridized carbons (Fsp3) is 0.636. The molecule has 2 aliphatic heterocycles. The first kappa shape index (κ1) is 29.1. The van der Waals surface area contributed by atoms with E-state index in [1.165, 1.54) is 32.0 Å². The van der Waals surface area contributed by atoms with Crippen molar-refractivity contribution in [2.24, 2.45) is 0 Å². The number of hydrogen-bond donors (Lipinski definition) is 10. The van der Waals surface area contributed by atoms with Gasteiger partial charge in [0.25, 0.3) is 0 Å². The van der Waals surface area contributed by atoms with E-state index in [0.717, 1.165) is 0 Å². The summed E-state index contributed by atoms with van der Waals surface area (Å²) in [6, 6.07) is 4.49. The van der Waals surface area contributed by atoms with E-state index in [-0.39, 0.29) is 17.3 Å². The van der Waals surface area contributed by atoms with Gasteiger partial charge in [0, 0.05) is 19.5 Å². The second-order valence-corrected chi connectivity index (χ2v) is 8.82. The van der Waals surface area contributed by atoms with E-state index in [0.29, 0.717) is 5.69 Å². The van der Waals surface area contributed by atoms with Crippen LogP contribution in [0.4, 0.5) is 17.1 Å². The number of aliphatic hydroxyl groups is 7. The fourth-order valence-electron chi connectivity index (χ4n) is 4.11. The Labute approximate surface area is 211 Å².